The van der Waals surface area contributed by atoms with E-state index in [1.807, 2.05) is 26.0 Å². The quantitative estimate of drug-likeness (QED) is 0.762. The lowest BCUT2D eigenvalue weighted by Crippen LogP contribution is -1.99. The lowest BCUT2D eigenvalue weighted by Gasteiger charge is -2.13. The second-order valence-corrected chi connectivity index (χ2v) is 4.48. The molecule has 2 nitrogen and oxygen atoms in total. The van der Waals surface area contributed by atoms with Gasteiger partial charge in [-0.25, -0.2) is 4.39 Å². The first-order valence-corrected chi connectivity index (χ1v) is 6.67. The second-order valence-electron chi connectivity index (χ2n) is 4.21. The molecule has 2 rings (SSSR count). The van der Waals surface area contributed by atoms with E-state index in [1.54, 1.807) is 12.1 Å². The molecule has 0 unspecified atom stereocenters. The minimum Gasteiger partial charge on any atom is -0.452 e. The van der Waals surface area contributed by atoms with Crippen LogP contribution in [0.5, 0.6) is 11.5 Å². The summed E-state index contributed by atoms with van der Waals surface area (Å²) in [5.74, 6) is 0.539. The van der Waals surface area contributed by atoms with Crippen LogP contribution < -0.4 is 4.74 Å². The highest BCUT2D eigenvalue weighted by molar-refractivity contribution is 6.17. The molecule has 1 heterocycles. The molecule has 0 N–H and O–H groups in total. The van der Waals surface area contributed by atoms with E-state index >= 15 is 0 Å². The van der Waals surface area contributed by atoms with E-state index in [1.165, 1.54) is 6.07 Å². The number of ether oxygens (including phenoxy) is 1. The molecule has 0 spiro atoms. The number of alkyl halides is 1. The lowest BCUT2D eigenvalue weighted by atomic mass is 10.2. The Balaban J connectivity index is 2.41. The summed E-state index contributed by atoms with van der Waals surface area (Å²) in [7, 11) is 0. The smallest absolute Gasteiger partial charge is 0.167 e. The molecule has 0 atom stereocenters. The highest BCUT2D eigenvalue weighted by Crippen LogP contribution is 2.31. The van der Waals surface area contributed by atoms with Crippen molar-refractivity contribution in [2.75, 3.05) is 0 Å². The fourth-order valence-corrected chi connectivity index (χ4v) is 2.04. The van der Waals surface area contributed by atoms with Crippen LogP contribution in [0.2, 0.25) is 0 Å². The van der Waals surface area contributed by atoms with E-state index in [9.17, 15) is 4.39 Å². The van der Waals surface area contributed by atoms with Gasteiger partial charge < -0.3 is 4.74 Å². The molecule has 0 radical (unpaired) electrons. The summed E-state index contributed by atoms with van der Waals surface area (Å²) in [6.07, 6.45) is 0.724. The fraction of sp³-hybridized carbons (Fsp3) is 0.267. The Morgan fingerprint density at radius 1 is 1.26 bits per heavy atom. The molecule has 0 aliphatic heterocycles. The summed E-state index contributed by atoms with van der Waals surface area (Å²) in [4.78, 5) is 4.39. The van der Waals surface area contributed by atoms with Crippen LogP contribution in [0.15, 0.2) is 30.3 Å². The topological polar surface area (TPSA) is 22.1 Å². The minimum atomic E-state index is -0.416. The Labute approximate surface area is 117 Å². The maximum absolute atomic E-state index is 13.8. The molecule has 4 heteroatoms. The molecule has 0 saturated heterocycles. The van der Waals surface area contributed by atoms with Crippen molar-refractivity contribution in [1.29, 1.82) is 0 Å². The van der Waals surface area contributed by atoms with Gasteiger partial charge in [0.25, 0.3) is 0 Å². The van der Waals surface area contributed by atoms with Crippen molar-refractivity contribution in [3.8, 4) is 11.5 Å². The largest absolute Gasteiger partial charge is 0.452 e. The number of rotatable bonds is 4. The highest BCUT2D eigenvalue weighted by Gasteiger charge is 2.13. The fourth-order valence-electron chi connectivity index (χ4n) is 1.83. The Morgan fingerprint density at radius 2 is 2.05 bits per heavy atom. The molecule has 100 valence electrons. The average molecular weight is 280 g/mol. The SMILES string of the molecule is CCc1nc(C)ccc1Oc1c(F)cccc1CCl. The van der Waals surface area contributed by atoms with Crippen molar-refractivity contribution in [1.82, 2.24) is 4.98 Å². The zero-order chi connectivity index (χ0) is 13.8. The number of aryl methyl sites for hydroxylation is 2. The second kappa shape index (κ2) is 6.02. The van der Waals surface area contributed by atoms with Crippen LogP contribution in [-0.4, -0.2) is 4.98 Å². The zero-order valence-electron chi connectivity index (χ0n) is 10.9. The lowest BCUT2D eigenvalue weighted by molar-refractivity contribution is 0.431. The van der Waals surface area contributed by atoms with Crippen molar-refractivity contribution in [2.24, 2.45) is 0 Å². The predicted octanol–water partition coefficient (Wildman–Crippen LogP) is 4.62. The van der Waals surface area contributed by atoms with Gasteiger partial charge in [0.15, 0.2) is 11.6 Å². The van der Waals surface area contributed by atoms with Gasteiger partial charge >= 0.3 is 0 Å². The number of hydrogen-bond acceptors (Lipinski definition) is 2. The van der Waals surface area contributed by atoms with Crippen molar-refractivity contribution >= 4 is 11.6 Å². The van der Waals surface area contributed by atoms with Crippen molar-refractivity contribution < 1.29 is 9.13 Å². The van der Waals surface area contributed by atoms with E-state index in [0.717, 1.165) is 17.8 Å². The molecular weight excluding hydrogens is 265 g/mol. The van der Waals surface area contributed by atoms with Crippen LogP contribution in [0.1, 0.15) is 23.9 Å². The number of benzene rings is 1. The normalized spacial score (nSPS) is 10.5. The molecule has 0 saturated carbocycles. The maximum Gasteiger partial charge on any atom is 0.167 e. The molecule has 0 bridgehead atoms. The van der Waals surface area contributed by atoms with Crippen LogP contribution in [0.25, 0.3) is 0 Å². The van der Waals surface area contributed by atoms with Gasteiger partial charge in [-0.1, -0.05) is 19.1 Å². The van der Waals surface area contributed by atoms with Crippen molar-refractivity contribution in [3.63, 3.8) is 0 Å². The first-order valence-electron chi connectivity index (χ1n) is 6.13. The third-order valence-electron chi connectivity index (χ3n) is 2.81. The monoisotopic (exact) mass is 279 g/mol. The standard InChI is InChI=1S/C15H15ClFNO/c1-3-13-14(8-7-10(2)18-13)19-15-11(9-16)5-4-6-12(15)17/h4-8H,3,9H2,1-2H3. The molecule has 2 aromatic rings. The van der Waals surface area contributed by atoms with Gasteiger partial charge in [0.1, 0.15) is 5.75 Å². The van der Waals surface area contributed by atoms with Gasteiger partial charge in [-0.15, -0.1) is 11.6 Å². The molecule has 0 aliphatic carbocycles. The average Bonchev–Trinajstić information content (AvgIpc) is 2.42. The number of para-hydroxylation sites is 1. The first kappa shape index (κ1) is 13.8. The summed E-state index contributed by atoms with van der Waals surface area (Å²) in [6.45, 7) is 3.90. The van der Waals surface area contributed by atoms with E-state index < -0.39 is 5.82 Å². The van der Waals surface area contributed by atoms with Crippen LogP contribution >= 0.6 is 11.6 Å². The van der Waals surface area contributed by atoms with Gasteiger partial charge in [0, 0.05) is 11.3 Å². The number of halogens is 2. The van der Waals surface area contributed by atoms with Gasteiger partial charge in [0.2, 0.25) is 0 Å². The summed E-state index contributed by atoms with van der Waals surface area (Å²) in [5, 5.41) is 0. The third-order valence-corrected chi connectivity index (χ3v) is 3.10. The van der Waals surface area contributed by atoms with Crippen LogP contribution in [-0.2, 0) is 12.3 Å². The van der Waals surface area contributed by atoms with E-state index in [2.05, 4.69) is 4.98 Å². The predicted molar refractivity (Wildman–Crippen MR) is 74.4 cm³/mol. The van der Waals surface area contributed by atoms with E-state index in [0.29, 0.717) is 11.3 Å². The van der Waals surface area contributed by atoms with E-state index in [-0.39, 0.29) is 11.6 Å². The molecule has 0 aliphatic rings. The maximum atomic E-state index is 13.8. The summed E-state index contributed by atoms with van der Waals surface area (Å²) >= 11 is 5.81. The Morgan fingerprint density at radius 3 is 2.74 bits per heavy atom. The van der Waals surface area contributed by atoms with Crippen LogP contribution in [0.3, 0.4) is 0 Å². The minimum absolute atomic E-state index is 0.179. The van der Waals surface area contributed by atoms with Crippen LogP contribution in [0.4, 0.5) is 4.39 Å². The van der Waals surface area contributed by atoms with Crippen molar-refractivity contribution in [3.05, 3.63) is 53.1 Å². The number of aromatic nitrogens is 1. The number of nitrogens with zero attached hydrogens (tertiary/aromatic N) is 1. The Bertz CT molecular complexity index is 586. The number of pyridine rings is 1. The van der Waals surface area contributed by atoms with Gasteiger partial charge in [-0.05, 0) is 31.5 Å². The van der Waals surface area contributed by atoms with Gasteiger partial charge in [0.05, 0.1) is 11.6 Å². The zero-order valence-corrected chi connectivity index (χ0v) is 11.7. The van der Waals surface area contributed by atoms with Crippen molar-refractivity contribution in [2.45, 2.75) is 26.1 Å². The molecule has 0 fully saturated rings. The molecule has 1 aromatic carbocycles. The summed E-state index contributed by atoms with van der Waals surface area (Å²) < 4.78 is 19.5. The molecule has 19 heavy (non-hydrogen) atoms. The van der Waals surface area contributed by atoms with Crippen LogP contribution in [0, 0.1) is 12.7 Å². The summed E-state index contributed by atoms with van der Waals surface area (Å²) in [5.41, 5.74) is 2.35. The first-order chi connectivity index (χ1) is 9.15. The molecular formula is C15H15ClFNO. The summed E-state index contributed by atoms with van der Waals surface area (Å²) in [6, 6.07) is 8.38. The molecule has 1 aromatic heterocycles. The van der Waals surface area contributed by atoms with E-state index in [4.69, 9.17) is 16.3 Å². The highest BCUT2D eigenvalue weighted by atomic mass is 35.5. The Hall–Kier alpha value is -1.61. The van der Waals surface area contributed by atoms with Gasteiger partial charge in [-0.2, -0.15) is 0 Å². The third kappa shape index (κ3) is 3.04. The Kier molecular flexibility index (Phi) is 4.38. The number of hydrogen-bond donors (Lipinski definition) is 0. The van der Waals surface area contributed by atoms with Gasteiger partial charge in [-0.3, -0.25) is 4.98 Å². The molecule has 0 amide bonds.